The van der Waals surface area contributed by atoms with Gasteiger partial charge in [-0.2, -0.15) is 0 Å². The third kappa shape index (κ3) is 3.28. The summed E-state index contributed by atoms with van der Waals surface area (Å²) in [5, 5.41) is 13.5. The van der Waals surface area contributed by atoms with Crippen LogP contribution in [0.15, 0.2) is 0 Å². The normalized spacial score (nSPS) is 21.2. The molecule has 0 aromatic carbocycles. The average molecular weight is 185 g/mol. The Hall–Kier alpha value is -0.0800. The molecule has 2 heteroatoms. The molecular formula is C11H23NO. The topological polar surface area (TPSA) is 32.3 Å². The van der Waals surface area contributed by atoms with E-state index >= 15 is 0 Å². The Labute approximate surface area is 81.7 Å². The van der Waals surface area contributed by atoms with Gasteiger partial charge in [0.15, 0.2) is 0 Å². The van der Waals surface area contributed by atoms with Crippen LogP contribution in [-0.2, 0) is 0 Å². The third-order valence-electron chi connectivity index (χ3n) is 3.24. The highest BCUT2D eigenvalue weighted by Gasteiger charge is 2.30. The lowest BCUT2D eigenvalue weighted by Gasteiger charge is -2.25. The largest absolute Gasteiger partial charge is 0.389 e. The van der Waals surface area contributed by atoms with Crippen LogP contribution in [0.4, 0.5) is 0 Å². The molecule has 0 aliphatic heterocycles. The molecule has 0 amide bonds. The van der Waals surface area contributed by atoms with Crippen molar-refractivity contribution >= 4 is 0 Å². The van der Waals surface area contributed by atoms with Gasteiger partial charge in [-0.25, -0.2) is 0 Å². The van der Waals surface area contributed by atoms with Crippen molar-refractivity contribution in [3.05, 3.63) is 0 Å². The molecule has 2 nitrogen and oxygen atoms in total. The van der Waals surface area contributed by atoms with Gasteiger partial charge in [-0.05, 0) is 25.7 Å². The van der Waals surface area contributed by atoms with Crippen molar-refractivity contribution in [2.75, 3.05) is 6.54 Å². The number of aliphatic hydroxyl groups is 1. The molecular weight excluding hydrogens is 162 g/mol. The SMILES string of the molecule is CCC(CC)NCC1(O)CCCC1. The molecule has 0 bridgehead atoms. The molecule has 0 spiro atoms. The number of hydrogen-bond donors (Lipinski definition) is 2. The van der Waals surface area contributed by atoms with Crippen LogP contribution >= 0.6 is 0 Å². The summed E-state index contributed by atoms with van der Waals surface area (Å²) in [5.74, 6) is 0. The van der Waals surface area contributed by atoms with Gasteiger partial charge in [0.2, 0.25) is 0 Å². The summed E-state index contributed by atoms with van der Waals surface area (Å²) in [6, 6.07) is 0.588. The molecule has 0 heterocycles. The third-order valence-corrected chi connectivity index (χ3v) is 3.24. The minimum Gasteiger partial charge on any atom is -0.389 e. The Morgan fingerprint density at radius 2 is 1.77 bits per heavy atom. The van der Waals surface area contributed by atoms with Gasteiger partial charge in [0.05, 0.1) is 5.60 Å². The zero-order chi connectivity index (χ0) is 9.73. The van der Waals surface area contributed by atoms with E-state index in [0.29, 0.717) is 6.04 Å². The first-order valence-electron chi connectivity index (χ1n) is 5.66. The lowest BCUT2D eigenvalue weighted by Crippen LogP contribution is -2.42. The van der Waals surface area contributed by atoms with Crippen molar-refractivity contribution < 1.29 is 5.11 Å². The highest BCUT2D eigenvalue weighted by atomic mass is 16.3. The molecule has 1 saturated carbocycles. The van der Waals surface area contributed by atoms with Gasteiger partial charge in [0.1, 0.15) is 0 Å². The molecule has 0 saturated heterocycles. The minimum absolute atomic E-state index is 0.386. The quantitative estimate of drug-likeness (QED) is 0.687. The molecule has 1 rings (SSSR count). The van der Waals surface area contributed by atoms with E-state index in [2.05, 4.69) is 19.2 Å². The van der Waals surface area contributed by atoms with Crippen LogP contribution in [-0.4, -0.2) is 23.3 Å². The second kappa shape index (κ2) is 4.97. The van der Waals surface area contributed by atoms with Gasteiger partial charge in [0.25, 0.3) is 0 Å². The highest BCUT2D eigenvalue weighted by Crippen LogP contribution is 2.28. The van der Waals surface area contributed by atoms with Gasteiger partial charge in [-0.3, -0.25) is 0 Å². The smallest absolute Gasteiger partial charge is 0.0771 e. The van der Waals surface area contributed by atoms with Crippen molar-refractivity contribution in [3.63, 3.8) is 0 Å². The Kier molecular flexibility index (Phi) is 4.20. The van der Waals surface area contributed by atoms with Crippen LogP contribution in [0.3, 0.4) is 0 Å². The van der Waals surface area contributed by atoms with Crippen molar-refractivity contribution in [2.24, 2.45) is 0 Å². The zero-order valence-corrected chi connectivity index (χ0v) is 8.97. The van der Waals surface area contributed by atoms with E-state index in [4.69, 9.17) is 0 Å². The van der Waals surface area contributed by atoms with Gasteiger partial charge < -0.3 is 10.4 Å². The van der Waals surface area contributed by atoms with Crippen LogP contribution in [0.2, 0.25) is 0 Å². The molecule has 0 unspecified atom stereocenters. The summed E-state index contributed by atoms with van der Waals surface area (Å²) in [5.41, 5.74) is -0.386. The molecule has 78 valence electrons. The predicted octanol–water partition coefficient (Wildman–Crippen LogP) is 2.07. The molecule has 0 aromatic heterocycles. The van der Waals surface area contributed by atoms with Gasteiger partial charge >= 0.3 is 0 Å². The molecule has 2 N–H and O–H groups in total. The molecule has 13 heavy (non-hydrogen) atoms. The first kappa shape index (κ1) is 11.0. The first-order chi connectivity index (χ1) is 6.20. The maximum absolute atomic E-state index is 10.1. The first-order valence-corrected chi connectivity index (χ1v) is 5.66. The summed E-state index contributed by atoms with van der Waals surface area (Å²) in [4.78, 5) is 0. The Morgan fingerprint density at radius 3 is 2.23 bits per heavy atom. The number of hydrogen-bond acceptors (Lipinski definition) is 2. The zero-order valence-electron chi connectivity index (χ0n) is 8.97. The lowest BCUT2D eigenvalue weighted by atomic mass is 10.0. The number of nitrogens with one attached hydrogen (secondary N) is 1. The maximum atomic E-state index is 10.1. The molecule has 0 atom stereocenters. The van der Waals surface area contributed by atoms with Crippen molar-refractivity contribution in [2.45, 2.75) is 64.0 Å². The fourth-order valence-electron chi connectivity index (χ4n) is 2.12. The highest BCUT2D eigenvalue weighted by molar-refractivity contribution is 4.87. The van der Waals surface area contributed by atoms with E-state index in [1.165, 1.54) is 12.8 Å². The van der Waals surface area contributed by atoms with E-state index in [-0.39, 0.29) is 5.60 Å². The van der Waals surface area contributed by atoms with Crippen LogP contribution in [0.25, 0.3) is 0 Å². The fraction of sp³-hybridized carbons (Fsp3) is 1.00. The molecule has 0 radical (unpaired) electrons. The lowest BCUT2D eigenvalue weighted by molar-refractivity contribution is 0.0445. The molecule has 1 fully saturated rings. The van der Waals surface area contributed by atoms with E-state index in [0.717, 1.165) is 32.2 Å². The van der Waals surface area contributed by atoms with Gasteiger partial charge in [-0.1, -0.05) is 26.7 Å². The molecule has 1 aliphatic carbocycles. The Morgan fingerprint density at radius 1 is 1.23 bits per heavy atom. The summed E-state index contributed by atoms with van der Waals surface area (Å²) in [6.07, 6.45) is 6.68. The Balaban J connectivity index is 2.23. The number of rotatable bonds is 5. The van der Waals surface area contributed by atoms with Crippen molar-refractivity contribution in [1.82, 2.24) is 5.32 Å². The van der Waals surface area contributed by atoms with Crippen molar-refractivity contribution in [1.29, 1.82) is 0 Å². The second-order valence-electron chi connectivity index (χ2n) is 4.33. The van der Waals surface area contributed by atoms with Gasteiger partial charge in [0, 0.05) is 12.6 Å². The molecule has 0 aromatic rings. The van der Waals surface area contributed by atoms with Crippen LogP contribution in [0.1, 0.15) is 52.4 Å². The minimum atomic E-state index is -0.386. The van der Waals surface area contributed by atoms with E-state index in [1.54, 1.807) is 0 Å². The van der Waals surface area contributed by atoms with Crippen molar-refractivity contribution in [3.8, 4) is 0 Å². The van der Waals surface area contributed by atoms with Crippen LogP contribution in [0, 0.1) is 0 Å². The van der Waals surface area contributed by atoms with E-state index < -0.39 is 0 Å². The summed E-state index contributed by atoms with van der Waals surface area (Å²) >= 11 is 0. The maximum Gasteiger partial charge on any atom is 0.0771 e. The average Bonchev–Trinajstić information content (AvgIpc) is 2.55. The predicted molar refractivity (Wildman–Crippen MR) is 55.8 cm³/mol. The monoisotopic (exact) mass is 185 g/mol. The summed E-state index contributed by atoms with van der Waals surface area (Å²) < 4.78 is 0. The van der Waals surface area contributed by atoms with E-state index in [9.17, 15) is 5.11 Å². The Bertz CT molecular complexity index is 137. The van der Waals surface area contributed by atoms with Crippen LogP contribution in [0.5, 0.6) is 0 Å². The van der Waals surface area contributed by atoms with Gasteiger partial charge in [-0.15, -0.1) is 0 Å². The summed E-state index contributed by atoms with van der Waals surface area (Å²) in [7, 11) is 0. The second-order valence-corrected chi connectivity index (χ2v) is 4.33. The molecule has 1 aliphatic rings. The fourth-order valence-corrected chi connectivity index (χ4v) is 2.12. The summed E-state index contributed by atoms with van der Waals surface area (Å²) in [6.45, 7) is 5.18. The standard InChI is InChI=1S/C11H23NO/c1-3-10(4-2)12-9-11(13)7-5-6-8-11/h10,12-13H,3-9H2,1-2H3. The van der Waals surface area contributed by atoms with E-state index in [1.807, 2.05) is 0 Å². The van der Waals surface area contributed by atoms with Crippen LogP contribution < -0.4 is 5.32 Å².